The average Bonchev–Trinajstić information content (AvgIpc) is 3.15. The maximum absolute atomic E-state index is 6.19. The number of ether oxygens (including phenoxy) is 3. The van der Waals surface area contributed by atoms with Gasteiger partial charge >= 0.3 is 0 Å². The van der Waals surface area contributed by atoms with Crippen molar-refractivity contribution in [1.82, 2.24) is 9.88 Å². The van der Waals surface area contributed by atoms with Crippen LogP contribution in [0.2, 0.25) is 0 Å². The van der Waals surface area contributed by atoms with E-state index in [2.05, 4.69) is 4.90 Å². The van der Waals surface area contributed by atoms with Crippen LogP contribution in [-0.4, -0.2) is 43.3 Å². The Morgan fingerprint density at radius 1 is 0.933 bits per heavy atom. The molecule has 2 aromatic carbocycles. The zero-order chi connectivity index (χ0) is 20.9. The van der Waals surface area contributed by atoms with Crippen LogP contribution in [0.15, 0.2) is 52.9 Å². The first-order valence-electron chi connectivity index (χ1n) is 10.3. The summed E-state index contributed by atoms with van der Waals surface area (Å²) in [7, 11) is 3.33. The third-order valence-electron chi connectivity index (χ3n) is 5.50. The molecular formula is C24H28N2O4. The summed E-state index contributed by atoms with van der Waals surface area (Å²) in [4.78, 5) is 7.16. The number of likely N-dealkylation sites (tertiary alicyclic amines) is 1. The van der Waals surface area contributed by atoms with Crippen molar-refractivity contribution in [2.24, 2.45) is 0 Å². The van der Waals surface area contributed by atoms with Gasteiger partial charge in [0.15, 0.2) is 11.5 Å². The Labute approximate surface area is 177 Å². The lowest BCUT2D eigenvalue weighted by molar-refractivity contribution is 0.0935. The van der Waals surface area contributed by atoms with Gasteiger partial charge in [-0.3, -0.25) is 4.90 Å². The first-order valence-corrected chi connectivity index (χ1v) is 10.3. The molecule has 0 aliphatic carbocycles. The van der Waals surface area contributed by atoms with Gasteiger partial charge in [-0.05, 0) is 44.0 Å². The van der Waals surface area contributed by atoms with Crippen LogP contribution in [0.3, 0.4) is 0 Å². The van der Waals surface area contributed by atoms with Gasteiger partial charge in [-0.2, -0.15) is 0 Å². The molecule has 3 aromatic rings. The minimum absolute atomic E-state index is 0.195. The number of methoxy groups -OCH3 is 2. The van der Waals surface area contributed by atoms with Gasteiger partial charge in [-0.1, -0.05) is 24.3 Å². The Morgan fingerprint density at radius 2 is 1.57 bits per heavy atom. The number of aromatic nitrogens is 1. The van der Waals surface area contributed by atoms with Crippen LogP contribution in [0.4, 0.5) is 0 Å². The van der Waals surface area contributed by atoms with Crippen molar-refractivity contribution in [3.05, 3.63) is 60.0 Å². The summed E-state index contributed by atoms with van der Waals surface area (Å²) in [6.45, 7) is 4.65. The summed E-state index contributed by atoms with van der Waals surface area (Å²) in [6.07, 6.45) is 2.13. The van der Waals surface area contributed by atoms with E-state index < -0.39 is 0 Å². The zero-order valence-electron chi connectivity index (χ0n) is 17.8. The predicted molar refractivity (Wildman–Crippen MR) is 115 cm³/mol. The van der Waals surface area contributed by atoms with E-state index in [1.54, 1.807) is 14.2 Å². The third-order valence-corrected chi connectivity index (χ3v) is 5.50. The lowest BCUT2D eigenvalue weighted by Gasteiger charge is -2.32. The molecule has 0 atom stereocenters. The van der Waals surface area contributed by atoms with E-state index in [1.165, 1.54) is 0 Å². The summed E-state index contributed by atoms with van der Waals surface area (Å²) in [6, 6.07) is 15.6. The molecule has 6 nitrogen and oxygen atoms in total. The van der Waals surface area contributed by atoms with Crippen molar-refractivity contribution in [2.75, 3.05) is 27.3 Å². The summed E-state index contributed by atoms with van der Waals surface area (Å²) < 4.78 is 23.0. The van der Waals surface area contributed by atoms with Crippen molar-refractivity contribution >= 4 is 0 Å². The quantitative estimate of drug-likeness (QED) is 0.564. The van der Waals surface area contributed by atoms with Crippen LogP contribution >= 0.6 is 0 Å². The highest BCUT2D eigenvalue weighted by Crippen LogP contribution is 2.32. The third kappa shape index (κ3) is 4.44. The van der Waals surface area contributed by atoms with E-state index in [1.807, 2.05) is 55.5 Å². The number of benzene rings is 2. The maximum atomic E-state index is 6.19. The van der Waals surface area contributed by atoms with Crippen molar-refractivity contribution in [1.29, 1.82) is 0 Å². The smallest absolute Gasteiger partial charge is 0.230 e. The molecule has 1 saturated heterocycles. The van der Waals surface area contributed by atoms with Gasteiger partial charge in [0, 0.05) is 19.6 Å². The molecule has 1 aliphatic heterocycles. The molecule has 0 bridgehead atoms. The second-order valence-corrected chi connectivity index (χ2v) is 7.47. The number of hydrogen-bond donors (Lipinski definition) is 0. The molecule has 0 amide bonds. The highest BCUT2D eigenvalue weighted by Gasteiger charge is 2.24. The van der Waals surface area contributed by atoms with Crippen LogP contribution in [0.1, 0.15) is 24.3 Å². The summed E-state index contributed by atoms with van der Waals surface area (Å²) in [5.74, 6) is 3.81. The Morgan fingerprint density at radius 3 is 2.27 bits per heavy atom. The Bertz CT molecular complexity index is 977. The van der Waals surface area contributed by atoms with E-state index in [-0.39, 0.29) is 6.10 Å². The Kier molecular flexibility index (Phi) is 6.23. The average molecular weight is 408 g/mol. The van der Waals surface area contributed by atoms with Crippen LogP contribution in [0.25, 0.3) is 11.5 Å². The molecule has 0 unspecified atom stereocenters. The molecular weight excluding hydrogens is 380 g/mol. The van der Waals surface area contributed by atoms with E-state index in [4.69, 9.17) is 23.6 Å². The molecule has 0 N–H and O–H groups in total. The van der Waals surface area contributed by atoms with E-state index in [0.717, 1.165) is 66.7 Å². The molecule has 1 aliphatic rings. The monoisotopic (exact) mass is 408 g/mol. The number of aryl methyl sites for hydroxylation is 1. The highest BCUT2D eigenvalue weighted by molar-refractivity contribution is 5.63. The summed E-state index contributed by atoms with van der Waals surface area (Å²) >= 11 is 0. The molecule has 6 heteroatoms. The lowest BCUT2D eigenvalue weighted by atomic mass is 10.1. The van der Waals surface area contributed by atoms with Crippen LogP contribution in [-0.2, 0) is 6.54 Å². The molecule has 0 radical (unpaired) electrons. The van der Waals surface area contributed by atoms with Crippen molar-refractivity contribution < 1.29 is 18.6 Å². The Hall–Kier alpha value is -2.99. The largest absolute Gasteiger partial charge is 0.496 e. The number of hydrogen-bond acceptors (Lipinski definition) is 6. The molecule has 158 valence electrons. The molecule has 0 spiro atoms. The predicted octanol–water partition coefficient (Wildman–Crippen LogP) is 4.71. The minimum Gasteiger partial charge on any atom is -0.496 e. The second-order valence-electron chi connectivity index (χ2n) is 7.47. The maximum Gasteiger partial charge on any atom is 0.230 e. The van der Waals surface area contributed by atoms with Gasteiger partial charge in [0.05, 0.1) is 25.5 Å². The number of piperidine rings is 1. The number of rotatable bonds is 7. The van der Waals surface area contributed by atoms with Gasteiger partial charge in [0.2, 0.25) is 5.89 Å². The molecule has 0 saturated carbocycles. The van der Waals surface area contributed by atoms with E-state index in [9.17, 15) is 0 Å². The summed E-state index contributed by atoms with van der Waals surface area (Å²) in [5.41, 5.74) is 1.85. The number of para-hydroxylation sites is 3. The zero-order valence-corrected chi connectivity index (χ0v) is 17.8. The van der Waals surface area contributed by atoms with E-state index in [0.29, 0.717) is 5.89 Å². The first kappa shape index (κ1) is 20.3. The van der Waals surface area contributed by atoms with Crippen molar-refractivity contribution in [2.45, 2.75) is 32.4 Å². The van der Waals surface area contributed by atoms with Gasteiger partial charge in [0.1, 0.15) is 17.6 Å². The second kappa shape index (κ2) is 9.22. The van der Waals surface area contributed by atoms with Crippen LogP contribution in [0.5, 0.6) is 17.2 Å². The summed E-state index contributed by atoms with van der Waals surface area (Å²) in [5, 5.41) is 0. The van der Waals surface area contributed by atoms with Gasteiger partial charge in [-0.15, -0.1) is 0 Å². The fraction of sp³-hybridized carbons (Fsp3) is 0.375. The normalized spacial score (nSPS) is 15.2. The van der Waals surface area contributed by atoms with Gasteiger partial charge < -0.3 is 18.6 Å². The molecule has 1 aromatic heterocycles. The van der Waals surface area contributed by atoms with E-state index >= 15 is 0 Å². The SMILES string of the molecule is COc1ccccc1OC1CCN(Cc2nc(-c3ccccc3OC)oc2C)CC1. The standard InChI is InChI=1S/C24H28N2O4/c1-17-20(25-24(29-17)19-8-4-5-9-21(19)27-2)16-26-14-12-18(13-15-26)30-23-11-7-6-10-22(23)28-3/h4-11,18H,12-16H2,1-3H3. The molecule has 30 heavy (non-hydrogen) atoms. The fourth-order valence-electron chi connectivity index (χ4n) is 3.80. The number of nitrogens with zero attached hydrogens (tertiary/aromatic N) is 2. The first-order chi connectivity index (χ1) is 14.7. The lowest BCUT2D eigenvalue weighted by Crippen LogP contribution is -2.38. The molecule has 4 rings (SSSR count). The van der Waals surface area contributed by atoms with Gasteiger partial charge in [0.25, 0.3) is 0 Å². The number of oxazole rings is 1. The van der Waals surface area contributed by atoms with Crippen LogP contribution in [0, 0.1) is 6.92 Å². The fourth-order valence-corrected chi connectivity index (χ4v) is 3.80. The highest BCUT2D eigenvalue weighted by atomic mass is 16.5. The molecule has 2 heterocycles. The van der Waals surface area contributed by atoms with Crippen molar-refractivity contribution in [3.63, 3.8) is 0 Å². The minimum atomic E-state index is 0.195. The van der Waals surface area contributed by atoms with Crippen molar-refractivity contribution in [3.8, 4) is 28.7 Å². The topological polar surface area (TPSA) is 57.0 Å². The van der Waals surface area contributed by atoms with Gasteiger partial charge in [-0.25, -0.2) is 4.98 Å². The Balaban J connectivity index is 1.37. The molecule has 1 fully saturated rings. The van der Waals surface area contributed by atoms with Crippen LogP contribution < -0.4 is 14.2 Å².